The highest BCUT2D eigenvalue weighted by Crippen LogP contribution is 2.49. The zero-order valence-corrected chi connectivity index (χ0v) is 10.5. The van der Waals surface area contributed by atoms with Gasteiger partial charge in [0.2, 0.25) is 0 Å². The van der Waals surface area contributed by atoms with E-state index in [1.807, 2.05) is 27.1 Å². The molecular formula is C13H22N2O. The van der Waals surface area contributed by atoms with E-state index in [9.17, 15) is 0 Å². The first-order valence-corrected chi connectivity index (χ1v) is 6.10. The van der Waals surface area contributed by atoms with Crippen molar-refractivity contribution in [3.63, 3.8) is 0 Å². The molecule has 0 bridgehead atoms. The van der Waals surface area contributed by atoms with Crippen molar-refractivity contribution >= 4 is 0 Å². The summed E-state index contributed by atoms with van der Waals surface area (Å²) < 4.78 is 5.77. The van der Waals surface area contributed by atoms with Crippen molar-refractivity contribution in [2.45, 2.75) is 32.2 Å². The zero-order chi connectivity index (χ0) is 11.6. The summed E-state index contributed by atoms with van der Waals surface area (Å²) in [7, 11) is 4.05. The highest BCUT2D eigenvalue weighted by atomic mass is 16.3. The monoisotopic (exact) mass is 222 g/mol. The van der Waals surface area contributed by atoms with Crippen LogP contribution in [-0.4, -0.2) is 20.6 Å². The zero-order valence-electron chi connectivity index (χ0n) is 10.5. The van der Waals surface area contributed by atoms with Crippen LogP contribution in [0.1, 0.15) is 36.8 Å². The van der Waals surface area contributed by atoms with Gasteiger partial charge in [-0.2, -0.15) is 0 Å². The molecule has 2 rings (SSSR count). The molecule has 1 aliphatic carbocycles. The fourth-order valence-corrected chi connectivity index (χ4v) is 2.91. The lowest BCUT2D eigenvalue weighted by atomic mass is 9.63. The van der Waals surface area contributed by atoms with Gasteiger partial charge in [-0.3, -0.25) is 0 Å². The molecule has 1 aliphatic rings. The molecule has 3 heteroatoms. The van der Waals surface area contributed by atoms with Gasteiger partial charge in [0.1, 0.15) is 11.5 Å². The fourth-order valence-electron chi connectivity index (χ4n) is 2.91. The van der Waals surface area contributed by atoms with Gasteiger partial charge >= 0.3 is 0 Å². The lowest BCUT2D eigenvalue weighted by Gasteiger charge is -2.47. The molecular weight excluding hydrogens is 200 g/mol. The Labute approximate surface area is 97.6 Å². The fraction of sp³-hybridized carbons (Fsp3) is 0.692. The molecule has 1 saturated carbocycles. The van der Waals surface area contributed by atoms with E-state index in [0.29, 0.717) is 11.5 Å². The van der Waals surface area contributed by atoms with Crippen LogP contribution in [0.3, 0.4) is 0 Å². The largest absolute Gasteiger partial charge is 0.465 e. The van der Waals surface area contributed by atoms with Crippen LogP contribution < -0.4 is 10.6 Å². The van der Waals surface area contributed by atoms with Crippen LogP contribution in [0.15, 0.2) is 16.5 Å². The molecule has 1 atom stereocenters. The van der Waals surface area contributed by atoms with E-state index in [1.165, 1.54) is 19.3 Å². The quantitative estimate of drug-likeness (QED) is 0.802. The number of rotatable bonds is 5. The second-order valence-electron chi connectivity index (χ2n) is 4.92. The average Bonchev–Trinajstić information content (AvgIpc) is 2.62. The Morgan fingerprint density at radius 3 is 2.50 bits per heavy atom. The van der Waals surface area contributed by atoms with Crippen molar-refractivity contribution in [2.24, 2.45) is 5.41 Å². The second-order valence-corrected chi connectivity index (χ2v) is 4.92. The summed E-state index contributed by atoms with van der Waals surface area (Å²) in [5.74, 6) is 2.07. The maximum atomic E-state index is 5.77. The van der Waals surface area contributed by atoms with E-state index in [1.54, 1.807) is 0 Å². The van der Waals surface area contributed by atoms with E-state index in [4.69, 9.17) is 4.42 Å². The first kappa shape index (κ1) is 11.7. The van der Waals surface area contributed by atoms with Gasteiger partial charge < -0.3 is 15.1 Å². The smallest absolute Gasteiger partial charge is 0.121 e. The van der Waals surface area contributed by atoms with Gasteiger partial charge in [-0.15, -0.1) is 0 Å². The van der Waals surface area contributed by atoms with Crippen molar-refractivity contribution in [2.75, 3.05) is 20.6 Å². The molecule has 1 aromatic rings. The maximum Gasteiger partial charge on any atom is 0.121 e. The van der Waals surface area contributed by atoms with E-state index in [2.05, 4.69) is 16.7 Å². The molecule has 0 amide bonds. The Balaban J connectivity index is 2.20. The molecule has 0 aliphatic heterocycles. The van der Waals surface area contributed by atoms with E-state index in [0.717, 1.165) is 18.1 Å². The summed E-state index contributed by atoms with van der Waals surface area (Å²) in [5.41, 5.74) is 0.341. The normalized spacial score (nSPS) is 20.4. The first-order chi connectivity index (χ1) is 7.72. The summed E-state index contributed by atoms with van der Waals surface area (Å²) in [4.78, 5) is 0. The molecule has 0 aromatic carbocycles. The molecule has 0 spiro atoms. The summed E-state index contributed by atoms with van der Waals surface area (Å²) >= 11 is 0. The minimum atomic E-state index is 0.336. The molecule has 1 unspecified atom stereocenters. The number of furan rings is 1. The van der Waals surface area contributed by atoms with Crippen LogP contribution >= 0.6 is 0 Å². The number of nitrogens with one attached hydrogen (secondary N) is 2. The van der Waals surface area contributed by atoms with Crippen molar-refractivity contribution in [3.8, 4) is 0 Å². The van der Waals surface area contributed by atoms with Gasteiger partial charge in [-0.1, -0.05) is 6.42 Å². The van der Waals surface area contributed by atoms with Crippen LogP contribution in [0.5, 0.6) is 0 Å². The van der Waals surface area contributed by atoms with Crippen LogP contribution in [0, 0.1) is 12.3 Å². The van der Waals surface area contributed by atoms with Gasteiger partial charge in [0.25, 0.3) is 0 Å². The third-order valence-corrected chi connectivity index (χ3v) is 3.82. The molecule has 1 aromatic heterocycles. The van der Waals surface area contributed by atoms with Crippen molar-refractivity contribution in [3.05, 3.63) is 23.7 Å². The van der Waals surface area contributed by atoms with E-state index in [-0.39, 0.29) is 0 Å². The van der Waals surface area contributed by atoms with Crippen LogP contribution in [-0.2, 0) is 0 Å². The van der Waals surface area contributed by atoms with Crippen LogP contribution in [0.2, 0.25) is 0 Å². The minimum Gasteiger partial charge on any atom is -0.465 e. The third-order valence-electron chi connectivity index (χ3n) is 3.82. The van der Waals surface area contributed by atoms with E-state index < -0.39 is 0 Å². The molecule has 1 heterocycles. The molecule has 1 fully saturated rings. The molecule has 0 radical (unpaired) electrons. The molecule has 3 nitrogen and oxygen atoms in total. The van der Waals surface area contributed by atoms with Gasteiger partial charge in [0.15, 0.2) is 0 Å². The van der Waals surface area contributed by atoms with Crippen LogP contribution in [0.25, 0.3) is 0 Å². The molecule has 90 valence electrons. The average molecular weight is 222 g/mol. The Morgan fingerprint density at radius 2 is 2.12 bits per heavy atom. The summed E-state index contributed by atoms with van der Waals surface area (Å²) in [6.45, 7) is 3.06. The Kier molecular flexibility index (Phi) is 3.36. The summed E-state index contributed by atoms with van der Waals surface area (Å²) in [6.07, 6.45) is 3.89. The van der Waals surface area contributed by atoms with Gasteiger partial charge in [-0.25, -0.2) is 0 Å². The van der Waals surface area contributed by atoms with Gasteiger partial charge in [0.05, 0.1) is 6.04 Å². The molecule has 2 N–H and O–H groups in total. The van der Waals surface area contributed by atoms with E-state index >= 15 is 0 Å². The summed E-state index contributed by atoms with van der Waals surface area (Å²) in [6, 6.07) is 4.49. The van der Waals surface area contributed by atoms with Crippen molar-refractivity contribution < 1.29 is 4.42 Å². The minimum absolute atomic E-state index is 0.336. The van der Waals surface area contributed by atoms with Crippen molar-refractivity contribution in [1.29, 1.82) is 0 Å². The molecule has 0 saturated heterocycles. The Bertz CT molecular complexity index is 341. The Hall–Kier alpha value is -0.800. The lowest BCUT2D eigenvalue weighted by Crippen LogP contribution is -2.47. The first-order valence-electron chi connectivity index (χ1n) is 6.10. The highest BCUT2D eigenvalue weighted by Gasteiger charge is 2.44. The predicted molar refractivity (Wildman–Crippen MR) is 65.5 cm³/mol. The topological polar surface area (TPSA) is 37.2 Å². The number of hydrogen-bond donors (Lipinski definition) is 2. The molecule has 16 heavy (non-hydrogen) atoms. The van der Waals surface area contributed by atoms with Gasteiger partial charge in [0, 0.05) is 12.0 Å². The standard InChI is InChI=1S/C13H22N2O/c1-10-5-6-11(16-10)12(15-3)13(9-14-2)7-4-8-13/h5-6,12,14-15H,4,7-9H2,1-3H3. The summed E-state index contributed by atoms with van der Waals surface area (Å²) in [5, 5.41) is 6.75. The SMILES string of the molecule is CNCC1(C(NC)c2ccc(C)o2)CCC1. The highest BCUT2D eigenvalue weighted by molar-refractivity contribution is 5.15. The second kappa shape index (κ2) is 4.60. The number of hydrogen-bond acceptors (Lipinski definition) is 3. The maximum absolute atomic E-state index is 5.77. The Morgan fingerprint density at radius 1 is 1.38 bits per heavy atom. The third kappa shape index (κ3) is 1.89. The predicted octanol–water partition coefficient (Wildman–Crippen LogP) is 2.24. The number of aryl methyl sites for hydroxylation is 1. The lowest BCUT2D eigenvalue weighted by molar-refractivity contribution is 0.0672. The van der Waals surface area contributed by atoms with Crippen molar-refractivity contribution in [1.82, 2.24) is 10.6 Å². The van der Waals surface area contributed by atoms with Gasteiger partial charge in [-0.05, 0) is 46.0 Å². The van der Waals surface area contributed by atoms with Crippen LogP contribution in [0.4, 0.5) is 0 Å².